The number of hydrogen-bond acceptors (Lipinski definition) is 5. The summed E-state index contributed by atoms with van der Waals surface area (Å²) >= 11 is 0. The Balaban J connectivity index is 2.47. The van der Waals surface area contributed by atoms with E-state index < -0.39 is 12.1 Å². The maximum absolute atomic E-state index is 11.8. The summed E-state index contributed by atoms with van der Waals surface area (Å²) in [5.74, 6) is -0.447. The summed E-state index contributed by atoms with van der Waals surface area (Å²) in [6, 6.07) is 11.1. The fourth-order valence-corrected chi connectivity index (χ4v) is 2.03. The molecule has 0 saturated heterocycles. The van der Waals surface area contributed by atoms with Gasteiger partial charge in [-0.05, 0) is 11.5 Å². The van der Waals surface area contributed by atoms with Crippen molar-refractivity contribution in [1.82, 2.24) is 0 Å². The number of hydrogen-bond donors (Lipinski definition) is 3. The zero-order valence-electron chi connectivity index (χ0n) is 11.2. The number of rotatable bonds is 5. The van der Waals surface area contributed by atoms with Crippen LogP contribution in [0.2, 0.25) is 0 Å². The van der Waals surface area contributed by atoms with E-state index in [9.17, 15) is 9.90 Å². The molecule has 0 heterocycles. The molecular weight excluding hydrogens is 258 g/mol. The molecule has 1 atom stereocenters. The number of anilines is 1. The highest BCUT2D eigenvalue weighted by molar-refractivity contribution is 6.06. The molecule has 1 unspecified atom stereocenters. The second-order valence-corrected chi connectivity index (χ2v) is 4.42. The predicted molar refractivity (Wildman–Crippen MR) is 76.9 cm³/mol. The smallest absolute Gasteiger partial charge is 0.339 e. The van der Waals surface area contributed by atoms with Gasteiger partial charge in [0.25, 0.3) is 0 Å². The first-order valence-corrected chi connectivity index (χ1v) is 6.30. The number of aliphatic hydroxyl groups excluding tert-OH is 2. The number of carbonyl (C=O) groups excluding carboxylic acids is 1. The Morgan fingerprint density at radius 1 is 1.30 bits per heavy atom. The van der Waals surface area contributed by atoms with Crippen molar-refractivity contribution in [2.24, 2.45) is 0 Å². The lowest BCUT2D eigenvalue weighted by Gasteiger charge is -2.15. The Morgan fingerprint density at radius 2 is 2.05 bits per heavy atom. The van der Waals surface area contributed by atoms with E-state index in [0.717, 1.165) is 10.8 Å². The van der Waals surface area contributed by atoms with Gasteiger partial charge in [0.05, 0.1) is 31.1 Å². The summed E-state index contributed by atoms with van der Waals surface area (Å²) in [5.41, 5.74) is 0.999. The third kappa shape index (κ3) is 2.89. The van der Waals surface area contributed by atoms with Crippen molar-refractivity contribution in [1.29, 1.82) is 0 Å². The van der Waals surface area contributed by atoms with Gasteiger partial charge in [0.1, 0.15) is 0 Å². The normalized spacial score (nSPS) is 12.2. The lowest BCUT2D eigenvalue weighted by atomic mass is 10.0. The van der Waals surface area contributed by atoms with E-state index in [-0.39, 0.29) is 13.2 Å². The zero-order valence-corrected chi connectivity index (χ0v) is 11.2. The van der Waals surface area contributed by atoms with Crippen molar-refractivity contribution in [3.05, 3.63) is 42.0 Å². The average molecular weight is 275 g/mol. The highest BCUT2D eigenvalue weighted by Gasteiger charge is 2.15. The van der Waals surface area contributed by atoms with Crippen LogP contribution in [-0.2, 0) is 4.74 Å². The molecule has 20 heavy (non-hydrogen) atoms. The van der Waals surface area contributed by atoms with Gasteiger partial charge in [-0.1, -0.05) is 30.3 Å². The fraction of sp³-hybridized carbons (Fsp3) is 0.267. The molecule has 5 nitrogen and oxygen atoms in total. The number of nitrogens with one attached hydrogen (secondary N) is 1. The standard InChI is InChI=1S/C15H17NO4/c1-20-15(19)13-7-6-10-4-2-3-5-12(10)14(13)16-8-11(18)9-17/h2-7,11,16-18H,8-9H2,1H3. The molecule has 106 valence electrons. The lowest BCUT2D eigenvalue weighted by molar-refractivity contribution is 0.0601. The molecule has 5 heteroatoms. The predicted octanol–water partition coefficient (Wildman–Crippen LogP) is 1.39. The molecule has 2 aromatic rings. The second kappa shape index (κ2) is 6.36. The van der Waals surface area contributed by atoms with Gasteiger partial charge in [0.15, 0.2) is 0 Å². The van der Waals surface area contributed by atoms with Crippen LogP contribution in [0.15, 0.2) is 36.4 Å². The van der Waals surface area contributed by atoms with Gasteiger partial charge >= 0.3 is 5.97 Å². The van der Waals surface area contributed by atoms with Crippen molar-refractivity contribution in [2.45, 2.75) is 6.10 Å². The molecule has 0 aliphatic carbocycles. The van der Waals surface area contributed by atoms with Crippen molar-refractivity contribution in [3.8, 4) is 0 Å². The third-order valence-electron chi connectivity index (χ3n) is 3.06. The summed E-state index contributed by atoms with van der Waals surface area (Å²) in [4.78, 5) is 11.8. The van der Waals surface area contributed by atoms with E-state index >= 15 is 0 Å². The summed E-state index contributed by atoms with van der Waals surface area (Å²) in [6.45, 7) is -0.195. The number of aliphatic hydroxyl groups is 2. The lowest BCUT2D eigenvalue weighted by Crippen LogP contribution is -2.24. The van der Waals surface area contributed by atoms with Crippen LogP contribution in [0.3, 0.4) is 0 Å². The minimum absolute atomic E-state index is 0.147. The molecule has 0 aliphatic heterocycles. The molecule has 0 bridgehead atoms. The van der Waals surface area contributed by atoms with Crippen LogP contribution in [-0.4, -0.2) is 42.5 Å². The van der Waals surface area contributed by atoms with E-state index in [2.05, 4.69) is 5.32 Å². The summed E-state index contributed by atoms with van der Waals surface area (Å²) in [7, 11) is 1.32. The first-order chi connectivity index (χ1) is 9.67. The molecule has 0 spiro atoms. The first kappa shape index (κ1) is 14.3. The Bertz CT molecular complexity index is 612. The molecule has 0 fully saturated rings. The quantitative estimate of drug-likeness (QED) is 0.719. The van der Waals surface area contributed by atoms with Crippen LogP contribution >= 0.6 is 0 Å². The van der Waals surface area contributed by atoms with Gasteiger partial charge in [-0.3, -0.25) is 0 Å². The zero-order chi connectivity index (χ0) is 14.5. The van der Waals surface area contributed by atoms with E-state index in [0.29, 0.717) is 11.3 Å². The number of benzene rings is 2. The largest absolute Gasteiger partial charge is 0.465 e. The van der Waals surface area contributed by atoms with Gasteiger partial charge in [0, 0.05) is 11.9 Å². The minimum Gasteiger partial charge on any atom is -0.465 e. The van der Waals surface area contributed by atoms with Crippen molar-refractivity contribution < 1.29 is 19.7 Å². The minimum atomic E-state index is -0.889. The Kier molecular flexibility index (Phi) is 4.55. The maximum Gasteiger partial charge on any atom is 0.339 e. The monoisotopic (exact) mass is 275 g/mol. The van der Waals surface area contributed by atoms with E-state index in [1.165, 1.54) is 7.11 Å². The number of esters is 1. The van der Waals surface area contributed by atoms with Crippen LogP contribution in [0.1, 0.15) is 10.4 Å². The van der Waals surface area contributed by atoms with E-state index in [1.807, 2.05) is 30.3 Å². The van der Waals surface area contributed by atoms with Gasteiger partial charge in [0.2, 0.25) is 0 Å². The van der Waals surface area contributed by atoms with E-state index in [4.69, 9.17) is 9.84 Å². The van der Waals surface area contributed by atoms with Crippen LogP contribution in [0.25, 0.3) is 10.8 Å². The summed E-state index contributed by atoms with van der Waals surface area (Å²) < 4.78 is 4.77. The number of carbonyl (C=O) groups is 1. The molecule has 0 aliphatic rings. The highest BCUT2D eigenvalue weighted by Crippen LogP contribution is 2.28. The van der Waals surface area contributed by atoms with Crippen LogP contribution in [0, 0.1) is 0 Å². The molecule has 0 amide bonds. The maximum atomic E-state index is 11.8. The summed E-state index contributed by atoms with van der Waals surface area (Å²) in [6.07, 6.45) is -0.889. The van der Waals surface area contributed by atoms with Crippen molar-refractivity contribution in [2.75, 3.05) is 25.6 Å². The fourth-order valence-electron chi connectivity index (χ4n) is 2.03. The Hall–Kier alpha value is -2.11. The Labute approximate surface area is 116 Å². The van der Waals surface area contributed by atoms with Crippen molar-refractivity contribution >= 4 is 22.4 Å². The molecule has 3 N–H and O–H groups in total. The van der Waals surface area contributed by atoms with Gasteiger partial charge in [-0.25, -0.2) is 4.79 Å². The van der Waals surface area contributed by atoms with Crippen LogP contribution in [0.5, 0.6) is 0 Å². The second-order valence-electron chi connectivity index (χ2n) is 4.42. The molecule has 2 aromatic carbocycles. The first-order valence-electron chi connectivity index (χ1n) is 6.30. The van der Waals surface area contributed by atoms with Gasteiger partial charge in [-0.2, -0.15) is 0 Å². The molecule has 0 aromatic heterocycles. The van der Waals surface area contributed by atoms with Crippen molar-refractivity contribution in [3.63, 3.8) is 0 Å². The number of methoxy groups -OCH3 is 1. The Morgan fingerprint density at radius 3 is 2.75 bits per heavy atom. The highest BCUT2D eigenvalue weighted by atomic mass is 16.5. The number of ether oxygens (including phenoxy) is 1. The van der Waals surface area contributed by atoms with Gasteiger partial charge in [-0.15, -0.1) is 0 Å². The van der Waals surface area contributed by atoms with E-state index in [1.54, 1.807) is 6.07 Å². The number of fused-ring (bicyclic) bond motifs is 1. The average Bonchev–Trinajstić information content (AvgIpc) is 2.51. The molecule has 0 saturated carbocycles. The molecule has 0 radical (unpaired) electrons. The topological polar surface area (TPSA) is 78.8 Å². The summed E-state index contributed by atoms with van der Waals surface area (Å²) in [5, 5.41) is 23.2. The third-order valence-corrected chi connectivity index (χ3v) is 3.06. The molecule has 2 rings (SSSR count). The van der Waals surface area contributed by atoms with Gasteiger partial charge < -0.3 is 20.3 Å². The SMILES string of the molecule is COC(=O)c1ccc2ccccc2c1NCC(O)CO. The van der Waals surface area contributed by atoms with Crippen LogP contribution in [0.4, 0.5) is 5.69 Å². The van der Waals surface area contributed by atoms with Crippen LogP contribution < -0.4 is 5.32 Å². The molecular formula is C15H17NO4.